The molecule has 0 heterocycles. The molecule has 0 aliphatic carbocycles. The molecule has 0 saturated heterocycles. The quantitative estimate of drug-likeness (QED) is 0.491. The fourth-order valence-corrected chi connectivity index (χ4v) is 2.42. The lowest BCUT2D eigenvalue weighted by Gasteiger charge is -2.13. The third-order valence-corrected chi connectivity index (χ3v) is 3.72. The van der Waals surface area contributed by atoms with E-state index >= 15 is 0 Å². The van der Waals surface area contributed by atoms with E-state index in [9.17, 15) is 0 Å². The summed E-state index contributed by atoms with van der Waals surface area (Å²) in [5.41, 5.74) is 1.47. The third-order valence-electron chi connectivity index (χ3n) is 2.80. The molecule has 0 saturated carbocycles. The highest BCUT2D eigenvalue weighted by molar-refractivity contribution is 9.09. The molecule has 0 aliphatic rings. The van der Waals surface area contributed by atoms with Gasteiger partial charge >= 0.3 is 0 Å². The minimum atomic E-state index is 0.805. The molecule has 0 aromatic heterocycles. The molecule has 0 aliphatic heterocycles. The molecule has 0 bridgehead atoms. The van der Waals surface area contributed by atoms with Crippen LogP contribution in [-0.2, 0) is 6.42 Å². The van der Waals surface area contributed by atoms with Crippen molar-refractivity contribution in [1.29, 1.82) is 0 Å². The van der Waals surface area contributed by atoms with Crippen LogP contribution in [0.4, 0.5) is 0 Å². The van der Waals surface area contributed by atoms with E-state index in [1.54, 1.807) is 0 Å². The minimum Gasteiger partial charge on any atom is -0.0925 e. The molecular formula is C14H21Br. The van der Waals surface area contributed by atoms with E-state index in [0.29, 0.717) is 0 Å². The normalized spacial score (nSPS) is 12.7. The van der Waals surface area contributed by atoms with Gasteiger partial charge in [-0.2, -0.15) is 0 Å². The molecule has 0 fully saturated rings. The Hall–Kier alpha value is -0.300. The van der Waals surface area contributed by atoms with Crippen molar-refractivity contribution in [2.75, 3.05) is 5.33 Å². The predicted octanol–water partition coefficient (Wildman–Crippen LogP) is 4.82. The van der Waals surface area contributed by atoms with E-state index in [1.807, 2.05) is 0 Å². The number of alkyl halides is 1. The van der Waals surface area contributed by atoms with Crippen molar-refractivity contribution < 1.29 is 0 Å². The van der Waals surface area contributed by atoms with Crippen LogP contribution in [0.3, 0.4) is 0 Å². The lowest BCUT2D eigenvalue weighted by atomic mass is 9.95. The molecule has 0 amide bonds. The van der Waals surface area contributed by atoms with Gasteiger partial charge in [0, 0.05) is 5.33 Å². The van der Waals surface area contributed by atoms with Gasteiger partial charge in [-0.15, -0.1) is 0 Å². The highest BCUT2D eigenvalue weighted by atomic mass is 79.9. The van der Waals surface area contributed by atoms with Gasteiger partial charge in [0.1, 0.15) is 0 Å². The molecule has 0 radical (unpaired) electrons. The van der Waals surface area contributed by atoms with Crippen molar-refractivity contribution in [2.45, 2.75) is 39.0 Å². The molecule has 1 aromatic rings. The second kappa shape index (κ2) is 7.92. The monoisotopic (exact) mass is 268 g/mol. The molecular weight excluding hydrogens is 248 g/mol. The lowest BCUT2D eigenvalue weighted by Crippen LogP contribution is -2.06. The lowest BCUT2D eigenvalue weighted by molar-refractivity contribution is 0.503. The number of benzene rings is 1. The van der Waals surface area contributed by atoms with Crippen LogP contribution >= 0.6 is 15.9 Å². The Morgan fingerprint density at radius 1 is 1.13 bits per heavy atom. The van der Waals surface area contributed by atoms with Gasteiger partial charge in [0.05, 0.1) is 0 Å². The molecule has 0 nitrogen and oxygen atoms in total. The van der Waals surface area contributed by atoms with E-state index in [0.717, 1.165) is 11.2 Å². The van der Waals surface area contributed by atoms with Gasteiger partial charge in [0.15, 0.2) is 0 Å². The number of hydrogen-bond donors (Lipinski definition) is 0. The maximum atomic E-state index is 3.63. The van der Waals surface area contributed by atoms with Gasteiger partial charge in [-0.05, 0) is 24.3 Å². The zero-order valence-electron chi connectivity index (χ0n) is 9.58. The number of hydrogen-bond acceptors (Lipinski definition) is 0. The topological polar surface area (TPSA) is 0 Å². The van der Waals surface area contributed by atoms with Crippen LogP contribution in [0.2, 0.25) is 0 Å². The van der Waals surface area contributed by atoms with E-state index < -0.39 is 0 Å². The van der Waals surface area contributed by atoms with Crippen LogP contribution in [0.15, 0.2) is 30.3 Å². The standard InChI is InChI=1S/C14H21Br/c1-2-3-5-10-14(12-15)11-13-8-6-4-7-9-13/h4,6-9,14H,2-3,5,10-12H2,1H3. The molecule has 0 N–H and O–H groups in total. The summed E-state index contributed by atoms with van der Waals surface area (Å²) in [6.07, 6.45) is 6.64. The first-order valence-corrected chi connectivity index (χ1v) is 7.08. The summed E-state index contributed by atoms with van der Waals surface area (Å²) >= 11 is 3.63. The van der Waals surface area contributed by atoms with Gasteiger partial charge in [-0.3, -0.25) is 0 Å². The Morgan fingerprint density at radius 2 is 1.87 bits per heavy atom. The second-order valence-electron chi connectivity index (χ2n) is 4.21. The fourth-order valence-electron chi connectivity index (χ4n) is 1.86. The van der Waals surface area contributed by atoms with E-state index in [2.05, 4.69) is 53.2 Å². The van der Waals surface area contributed by atoms with Crippen LogP contribution < -0.4 is 0 Å². The smallest absolute Gasteiger partial charge is 0.00628 e. The van der Waals surface area contributed by atoms with Crippen LogP contribution in [0, 0.1) is 5.92 Å². The van der Waals surface area contributed by atoms with Crippen molar-refractivity contribution >= 4 is 15.9 Å². The summed E-state index contributed by atoms with van der Waals surface area (Å²) in [5.74, 6) is 0.805. The molecule has 84 valence electrons. The highest BCUT2D eigenvalue weighted by Gasteiger charge is 2.07. The van der Waals surface area contributed by atoms with E-state index in [4.69, 9.17) is 0 Å². The molecule has 15 heavy (non-hydrogen) atoms. The van der Waals surface area contributed by atoms with Crippen molar-refractivity contribution in [1.82, 2.24) is 0 Å². The number of unbranched alkanes of at least 4 members (excludes halogenated alkanes) is 2. The maximum Gasteiger partial charge on any atom is 0.00628 e. The largest absolute Gasteiger partial charge is 0.0925 e. The van der Waals surface area contributed by atoms with Crippen molar-refractivity contribution in [3.8, 4) is 0 Å². The van der Waals surface area contributed by atoms with Gasteiger partial charge in [0.25, 0.3) is 0 Å². The average molecular weight is 269 g/mol. The molecule has 1 rings (SSSR count). The van der Waals surface area contributed by atoms with Gasteiger partial charge in [-0.1, -0.05) is 72.4 Å². The summed E-state index contributed by atoms with van der Waals surface area (Å²) in [7, 11) is 0. The summed E-state index contributed by atoms with van der Waals surface area (Å²) in [6.45, 7) is 2.26. The Bertz CT molecular complexity index is 243. The summed E-state index contributed by atoms with van der Waals surface area (Å²) in [6, 6.07) is 10.8. The first-order valence-electron chi connectivity index (χ1n) is 5.96. The Balaban J connectivity index is 2.33. The van der Waals surface area contributed by atoms with Gasteiger partial charge < -0.3 is 0 Å². The first-order chi connectivity index (χ1) is 7.36. The maximum absolute atomic E-state index is 3.63. The molecule has 1 unspecified atom stereocenters. The zero-order valence-corrected chi connectivity index (χ0v) is 11.2. The van der Waals surface area contributed by atoms with Crippen LogP contribution in [0.5, 0.6) is 0 Å². The van der Waals surface area contributed by atoms with E-state index in [1.165, 1.54) is 37.7 Å². The van der Waals surface area contributed by atoms with Gasteiger partial charge in [0.2, 0.25) is 0 Å². The van der Waals surface area contributed by atoms with Crippen LogP contribution in [0.1, 0.15) is 38.2 Å². The molecule has 1 atom stereocenters. The highest BCUT2D eigenvalue weighted by Crippen LogP contribution is 2.17. The third kappa shape index (κ3) is 5.36. The summed E-state index contributed by atoms with van der Waals surface area (Å²) in [5, 5.41) is 1.13. The zero-order chi connectivity index (χ0) is 10.9. The Kier molecular flexibility index (Phi) is 6.74. The summed E-state index contributed by atoms with van der Waals surface area (Å²) < 4.78 is 0. The first kappa shape index (κ1) is 12.8. The van der Waals surface area contributed by atoms with Crippen LogP contribution in [0.25, 0.3) is 0 Å². The van der Waals surface area contributed by atoms with Crippen molar-refractivity contribution in [2.24, 2.45) is 5.92 Å². The number of rotatable bonds is 7. The predicted molar refractivity (Wildman–Crippen MR) is 71.6 cm³/mol. The molecule has 1 aromatic carbocycles. The Labute approximate surface area is 102 Å². The molecule has 0 spiro atoms. The number of halogens is 1. The Morgan fingerprint density at radius 3 is 2.47 bits per heavy atom. The average Bonchev–Trinajstić information content (AvgIpc) is 2.29. The van der Waals surface area contributed by atoms with E-state index in [-0.39, 0.29) is 0 Å². The van der Waals surface area contributed by atoms with Crippen molar-refractivity contribution in [3.63, 3.8) is 0 Å². The second-order valence-corrected chi connectivity index (χ2v) is 4.85. The fraction of sp³-hybridized carbons (Fsp3) is 0.571. The van der Waals surface area contributed by atoms with Crippen molar-refractivity contribution in [3.05, 3.63) is 35.9 Å². The SMILES string of the molecule is CCCCCC(CBr)Cc1ccccc1. The molecule has 1 heteroatoms. The minimum absolute atomic E-state index is 0.805. The van der Waals surface area contributed by atoms with Gasteiger partial charge in [-0.25, -0.2) is 0 Å². The summed E-state index contributed by atoms with van der Waals surface area (Å²) in [4.78, 5) is 0. The van der Waals surface area contributed by atoms with Crippen LogP contribution in [-0.4, -0.2) is 5.33 Å².